The fraction of sp³-hybridized carbons (Fsp3) is 0.250. The predicted molar refractivity (Wildman–Crippen MR) is 96.0 cm³/mol. The van der Waals surface area contributed by atoms with E-state index in [0.29, 0.717) is 5.75 Å². The van der Waals surface area contributed by atoms with Crippen molar-refractivity contribution in [1.29, 1.82) is 0 Å². The lowest BCUT2D eigenvalue weighted by Gasteiger charge is -2.19. The number of benzene rings is 2. The van der Waals surface area contributed by atoms with Crippen molar-refractivity contribution in [2.45, 2.75) is 4.83 Å². The molecule has 0 radical (unpaired) electrons. The molecule has 0 aliphatic rings. The van der Waals surface area contributed by atoms with E-state index in [4.69, 9.17) is 14.2 Å². The minimum absolute atomic E-state index is 0.0250. The predicted octanol–water partition coefficient (Wildman–Crippen LogP) is 4.80. The van der Waals surface area contributed by atoms with Crippen molar-refractivity contribution in [3.05, 3.63) is 51.1 Å². The largest absolute Gasteiger partial charge is 0.496 e. The van der Waals surface area contributed by atoms with Crippen molar-refractivity contribution >= 4 is 38.5 Å². The van der Waals surface area contributed by atoms with E-state index in [1.54, 1.807) is 21.3 Å². The zero-order valence-electron chi connectivity index (χ0n) is 12.0. The normalized spacial score (nSPS) is 11.9. The fourth-order valence-corrected chi connectivity index (χ4v) is 3.42. The highest BCUT2D eigenvalue weighted by molar-refractivity contribution is 14.1. The van der Waals surface area contributed by atoms with E-state index >= 15 is 0 Å². The van der Waals surface area contributed by atoms with Crippen LogP contribution in [0.1, 0.15) is 16.0 Å². The lowest BCUT2D eigenvalue weighted by Crippen LogP contribution is -2.02. The zero-order chi connectivity index (χ0) is 15.4. The summed E-state index contributed by atoms with van der Waals surface area (Å²) in [5.74, 6) is 2.16. The summed E-state index contributed by atoms with van der Waals surface area (Å²) in [4.78, 5) is -0.0250. The lowest BCUT2D eigenvalue weighted by molar-refractivity contribution is 0.369. The molecule has 1 unspecified atom stereocenters. The van der Waals surface area contributed by atoms with Crippen molar-refractivity contribution in [3.63, 3.8) is 0 Å². The number of halogens is 2. The standard InChI is InChI=1S/C16H16BrIO3/c1-19-12-8-13(20-2)15(14(9-12)21-3)16(17)10-5-4-6-11(18)7-10/h4-9,16H,1-3H3. The van der Waals surface area contributed by atoms with Crippen LogP contribution in [0.4, 0.5) is 0 Å². The molecule has 0 aliphatic heterocycles. The third-order valence-corrected chi connectivity index (χ3v) is 4.81. The minimum Gasteiger partial charge on any atom is -0.496 e. The van der Waals surface area contributed by atoms with Crippen LogP contribution < -0.4 is 14.2 Å². The molecule has 0 bridgehead atoms. The Morgan fingerprint density at radius 1 is 0.952 bits per heavy atom. The highest BCUT2D eigenvalue weighted by Crippen LogP contribution is 2.44. The second-order valence-electron chi connectivity index (χ2n) is 4.36. The Hall–Kier alpha value is -0.950. The quantitative estimate of drug-likeness (QED) is 0.471. The van der Waals surface area contributed by atoms with Gasteiger partial charge in [-0.15, -0.1) is 0 Å². The average molecular weight is 463 g/mol. The first kappa shape index (κ1) is 16.4. The Balaban J connectivity index is 2.55. The van der Waals surface area contributed by atoms with E-state index in [1.807, 2.05) is 18.2 Å². The van der Waals surface area contributed by atoms with Gasteiger partial charge in [0.15, 0.2) is 0 Å². The van der Waals surface area contributed by atoms with Gasteiger partial charge in [-0.25, -0.2) is 0 Å². The van der Waals surface area contributed by atoms with Crippen molar-refractivity contribution in [2.24, 2.45) is 0 Å². The van der Waals surface area contributed by atoms with E-state index < -0.39 is 0 Å². The first-order chi connectivity index (χ1) is 10.1. The summed E-state index contributed by atoms with van der Waals surface area (Å²) in [5, 5.41) is 0. The Labute approximate surface area is 146 Å². The van der Waals surface area contributed by atoms with Gasteiger partial charge in [0.2, 0.25) is 0 Å². The number of alkyl halides is 1. The van der Waals surface area contributed by atoms with Gasteiger partial charge in [-0.05, 0) is 40.3 Å². The van der Waals surface area contributed by atoms with Crippen LogP contribution in [0.2, 0.25) is 0 Å². The zero-order valence-corrected chi connectivity index (χ0v) is 15.8. The fourth-order valence-electron chi connectivity index (χ4n) is 2.11. The molecule has 0 aliphatic carbocycles. The Kier molecular flexibility index (Phi) is 5.75. The number of hydrogen-bond donors (Lipinski definition) is 0. The van der Waals surface area contributed by atoms with Gasteiger partial charge in [0.1, 0.15) is 17.2 Å². The molecule has 1 atom stereocenters. The van der Waals surface area contributed by atoms with Crippen LogP contribution in [0.15, 0.2) is 36.4 Å². The molecule has 2 aromatic carbocycles. The number of methoxy groups -OCH3 is 3. The third kappa shape index (κ3) is 3.63. The highest BCUT2D eigenvalue weighted by atomic mass is 127. The molecule has 0 amide bonds. The molecule has 2 rings (SSSR count). The summed E-state index contributed by atoms with van der Waals surface area (Å²) in [6.07, 6.45) is 0. The molecule has 2 aromatic rings. The molecule has 0 aromatic heterocycles. The summed E-state index contributed by atoms with van der Waals surface area (Å²) in [6.45, 7) is 0. The first-order valence-corrected chi connectivity index (χ1v) is 8.29. The number of ether oxygens (including phenoxy) is 3. The average Bonchev–Trinajstić information content (AvgIpc) is 2.52. The summed E-state index contributed by atoms with van der Waals surface area (Å²) in [5.41, 5.74) is 2.09. The topological polar surface area (TPSA) is 27.7 Å². The number of hydrogen-bond acceptors (Lipinski definition) is 3. The second kappa shape index (κ2) is 7.35. The monoisotopic (exact) mass is 462 g/mol. The molecule has 5 heteroatoms. The van der Waals surface area contributed by atoms with E-state index in [1.165, 1.54) is 3.57 Å². The summed E-state index contributed by atoms with van der Waals surface area (Å²) in [7, 11) is 4.91. The van der Waals surface area contributed by atoms with Gasteiger partial charge in [-0.3, -0.25) is 0 Å². The molecule has 0 N–H and O–H groups in total. The van der Waals surface area contributed by atoms with Crippen LogP contribution in [0, 0.1) is 3.57 Å². The van der Waals surface area contributed by atoms with Gasteiger partial charge in [0.25, 0.3) is 0 Å². The maximum absolute atomic E-state index is 5.51. The summed E-state index contributed by atoms with van der Waals surface area (Å²) in [6, 6.07) is 12.0. The minimum atomic E-state index is -0.0250. The van der Waals surface area contributed by atoms with Gasteiger partial charge in [-0.1, -0.05) is 28.1 Å². The lowest BCUT2D eigenvalue weighted by atomic mass is 10.0. The van der Waals surface area contributed by atoms with E-state index in [2.05, 4.69) is 56.7 Å². The van der Waals surface area contributed by atoms with Gasteiger partial charge in [0, 0.05) is 15.7 Å². The maximum Gasteiger partial charge on any atom is 0.130 e. The van der Waals surface area contributed by atoms with Crippen LogP contribution >= 0.6 is 38.5 Å². The molecule has 0 heterocycles. The SMILES string of the molecule is COc1cc(OC)c(C(Br)c2cccc(I)c2)c(OC)c1. The smallest absolute Gasteiger partial charge is 0.130 e. The van der Waals surface area contributed by atoms with Crippen LogP contribution in [0.25, 0.3) is 0 Å². The molecule has 0 saturated heterocycles. The van der Waals surface area contributed by atoms with Gasteiger partial charge < -0.3 is 14.2 Å². The van der Waals surface area contributed by atoms with Crippen LogP contribution in [0.5, 0.6) is 17.2 Å². The van der Waals surface area contributed by atoms with E-state index in [-0.39, 0.29) is 4.83 Å². The molecule has 21 heavy (non-hydrogen) atoms. The van der Waals surface area contributed by atoms with Gasteiger partial charge >= 0.3 is 0 Å². The van der Waals surface area contributed by atoms with Crippen LogP contribution in [-0.2, 0) is 0 Å². The highest BCUT2D eigenvalue weighted by Gasteiger charge is 2.22. The third-order valence-electron chi connectivity index (χ3n) is 3.15. The first-order valence-electron chi connectivity index (χ1n) is 6.30. The molecule has 0 spiro atoms. The van der Waals surface area contributed by atoms with E-state index in [9.17, 15) is 0 Å². The second-order valence-corrected chi connectivity index (χ2v) is 6.52. The van der Waals surface area contributed by atoms with Crippen LogP contribution in [-0.4, -0.2) is 21.3 Å². The Bertz CT molecular complexity index is 606. The van der Waals surface area contributed by atoms with Crippen molar-refractivity contribution in [2.75, 3.05) is 21.3 Å². The van der Waals surface area contributed by atoms with Crippen molar-refractivity contribution < 1.29 is 14.2 Å². The Morgan fingerprint density at radius 2 is 1.57 bits per heavy atom. The van der Waals surface area contributed by atoms with Gasteiger partial charge in [0.05, 0.1) is 31.7 Å². The molecule has 3 nitrogen and oxygen atoms in total. The molecular formula is C16H16BrIO3. The molecular weight excluding hydrogens is 447 g/mol. The molecule has 0 saturated carbocycles. The van der Waals surface area contributed by atoms with E-state index in [0.717, 1.165) is 22.6 Å². The molecule has 112 valence electrons. The van der Waals surface area contributed by atoms with Crippen molar-refractivity contribution in [1.82, 2.24) is 0 Å². The summed E-state index contributed by atoms with van der Waals surface area (Å²) >= 11 is 6.06. The van der Waals surface area contributed by atoms with Gasteiger partial charge in [-0.2, -0.15) is 0 Å². The van der Waals surface area contributed by atoms with Crippen molar-refractivity contribution in [3.8, 4) is 17.2 Å². The number of rotatable bonds is 5. The Morgan fingerprint density at radius 3 is 2.05 bits per heavy atom. The maximum atomic E-state index is 5.51. The summed E-state index contributed by atoms with van der Waals surface area (Å²) < 4.78 is 17.5. The van der Waals surface area contributed by atoms with Crippen LogP contribution in [0.3, 0.4) is 0 Å². The molecule has 0 fully saturated rings.